The second-order valence-corrected chi connectivity index (χ2v) is 7.56. The molecule has 2 aromatic rings. The van der Waals surface area contributed by atoms with E-state index in [2.05, 4.69) is 60.5 Å². The summed E-state index contributed by atoms with van der Waals surface area (Å²) in [6, 6.07) is 12.7. The summed E-state index contributed by atoms with van der Waals surface area (Å²) in [6.45, 7) is 7.47. The van der Waals surface area contributed by atoms with Gasteiger partial charge >= 0.3 is 0 Å². The van der Waals surface area contributed by atoms with Gasteiger partial charge in [-0.05, 0) is 30.7 Å². The smallest absolute Gasteiger partial charge is 0.227 e. The number of carbonyl (C=O) groups is 1. The van der Waals surface area contributed by atoms with Gasteiger partial charge in [-0.25, -0.2) is 0 Å². The van der Waals surface area contributed by atoms with Crippen molar-refractivity contribution in [1.29, 1.82) is 0 Å². The highest BCUT2D eigenvalue weighted by Crippen LogP contribution is 2.31. The van der Waals surface area contributed by atoms with E-state index < -0.39 is 0 Å². The van der Waals surface area contributed by atoms with Gasteiger partial charge in [0.05, 0.1) is 31.3 Å². The van der Waals surface area contributed by atoms with Crippen LogP contribution in [0.5, 0.6) is 5.75 Å². The maximum Gasteiger partial charge on any atom is 0.227 e. The lowest BCUT2D eigenvalue weighted by molar-refractivity contribution is -0.125. The Hall–Kier alpha value is -2.11. The number of hydrogen-bond acceptors (Lipinski definition) is 4. The van der Waals surface area contributed by atoms with Crippen LogP contribution in [0.3, 0.4) is 0 Å². The third-order valence-electron chi connectivity index (χ3n) is 5.05. The normalized spacial score (nSPS) is 23.7. The highest BCUT2D eigenvalue weighted by atomic mass is 16.5. The summed E-state index contributed by atoms with van der Waals surface area (Å²) >= 11 is 0. The number of nitrogens with zero attached hydrogens (tertiary/aromatic N) is 1. The zero-order valence-electron chi connectivity index (χ0n) is 15.4. The molecule has 2 aliphatic heterocycles. The molecule has 0 spiro atoms. The Balaban J connectivity index is 1.68. The largest absolute Gasteiger partial charge is 0.491 e. The lowest BCUT2D eigenvalue weighted by atomic mass is 10.0. The molecule has 2 saturated heterocycles. The number of rotatable bonds is 4. The number of ether oxygens (including phenoxy) is 2. The van der Waals surface area contributed by atoms with Gasteiger partial charge in [-0.1, -0.05) is 30.3 Å². The molecule has 2 aliphatic rings. The SMILES string of the molecule is CC(C)Oc1ccc2ccccc2c1CN1C[C@H]2COC[C@@H](C1)C(=O)N2. The van der Waals surface area contributed by atoms with Crippen molar-refractivity contribution in [2.24, 2.45) is 5.92 Å². The molecule has 1 N–H and O–H groups in total. The fourth-order valence-electron chi connectivity index (χ4n) is 3.92. The van der Waals surface area contributed by atoms with Crippen molar-refractivity contribution in [2.75, 3.05) is 26.3 Å². The van der Waals surface area contributed by atoms with Crippen molar-refractivity contribution in [1.82, 2.24) is 10.2 Å². The first kappa shape index (κ1) is 17.3. The Labute approximate surface area is 154 Å². The Bertz CT molecular complexity index is 805. The van der Waals surface area contributed by atoms with E-state index in [0.717, 1.165) is 18.8 Å². The Morgan fingerprint density at radius 2 is 2.04 bits per heavy atom. The number of carbonyl (C=O) groups excluding carboxylic acids is 1. The van der Waals surface area contributed by atoms with Crippen molar-refractivity contribution < 1.29 is 14.3 Å². The fraction of sp³-hybridized carbons (Fsp3) is 0.476. The van der Waals surface area contributed by atoms with E-state index in [-0.39, 0.29) is 24.0 Å². The Morgan fingerprint density at radius 3 is 2.88 bits per heavy atom. The second kappa shape index (κ2) is 7.25. The number of amides is 1. The molecule has 2 heterocycles. The van der Waals surface area contributed by atoms with Crippen LogP contribution in [-0.4, -0.2) is 49.3 Å². The van der Waals surface area contributed by atoms with Gasteiger partial charge in [-0.15, -0.1) is 0 Å². The first-order valence-corrected chi connectivity index (χ1v) is 9.38. The number of benzene rings is 2. The van der Waals surface area contributed by atoms with E-state index in [1.54, 1.807) is 0 Å². The van der Waals surface area contributed by atoms with E-state index in [0.29, 0.717) is 19.8 Å². The third-order valence-corrected chi connectivity index (χ3v) is 5.05. The van der Waals surface area contributed by atoms with E-state index in [4.69, 9.17) is 9.47 Å². The molecule has 0 radical (unpaired) electrons. The van der Waals surface area contributed by atoms with Gasteiger partial charge < -0.3 is 14.8 Å². The molecule has 2 aromatic carbocycles. The third kappa shape index (κ3) is 3.55. The van der Waals surface area contributed by atoms with Crippen LogP contribution in [0.15, 0.2) is 36.4 Å². The lowest BCUT2D eigenvalue weighted by Crippen LogP contribution is -2.41. The van der Waals surface area contributed by atoms with Crippen molar-refractivity contribution >= 4 is 16.7 Å². The maximum atomic E-state index is 12.3. The zero-order chi connectivity index (χ0) is 18.1. The van der Waals surface area contributed by atoms with E-state index in [1.807, 2.05) is 0 Å². The average Bonchev–Trinajstić information content (AvgIpc) is 2.85. The highest BCUT2D eigenvalue weighted by Gasteiger charge is 2.33. The Morgan fingerprint density at radius 1 is 1.19 bits per heavy atom. The van der Waals surface area contributed by atoms with Crippen molar-refractivity contribution in [3.63, 3.8) is 0 Å². The summed E-state index contributed by atoms with van der Waals surface area (Å²) in [6.07, 6.45) is 0.120. The topological polar surface area (TPSA) is 50.8 Å². The average molecular weight is 354 g/mol. The predicted octanol–water partition coefficient (Wildman–Crippen LogP) is 2.57. The van der Waals surface area contributed by atoms with Crippen molar-refractivity contribution in [3.05, 3.63) is 42.0 Å². The van der Waals surface area contributed by atoms with Crippen LogP contribution in [0.1, 0.15) is 19.4 Å². The van der Waals surface area contributed by atoms with Gasteiger partial charge in [0, 0.05) is 25.2 Å². The molecule has 4 rings (SSSR count). The zero-order valence-corrected chi connectivity index (χ0v) is 15.4. The summed E-state index contributed by atoms with van der Waals surface area (Å²) in [4.78, 5) is 14.6. The summed E-state index contributed by atoms with van der Waals surface area (Å²) in [5, 5.41) is 5.54. The van der Waals surface area contributed by atoms with Gasteiger partial charge in [-0.3, -0.25) is 9.69 Å². The fourth-order valence-corrected chi connectivity index (χ4v) is 3.92. The molecule has 5 nitrogen and oxygen atoms in total. The second-order valence-electron chi connectivity index (χ2n) is 7.56. The minimum Gasteiger partial charge on any atom is -0.491 e. The maximum absolute atomic E-state index is 12.3. The molecule has 5 heteroatoms. The Kier molecular flexibility index (Phi) is 4.83. The van der Waals surface area contributed by atoms with Crippen LogP contribution in [0.4, 0.5) is 0 Å². The molecule has 138 valence electrons. The molecule has 2 bridgehead atoms. The lowest BCUT2D eigenvalue weighted by Gasteiger charge is -2.29. The van der Waals surface area contributed by atoms with Crippen LogP contribution < -0.4 is 10.1 Å². The number of nitrogens with one attached hydrogen (secondary N) is 1. The predicted molar refractivity (Wildman–Crippen MR) is 101 cm³/mol. The standard InChI is InChI=1S/C21H26N2O3/c1-14(2)26-20-8-7-15-5-3-4-6-18(15)19(20)11-23-9-16-12-25-13-17(10-23)22-21(16)24/h3-8,14,16-17H,9-13H2,1-2H3,(H,22,24)/t16-,17+/m1/s1. The number of fused-ring (bicyclic) bond motifs is 4. The van der Waals surface area contributed by atoms with Crippen LogP contribution in [-0.2, 0) is 16.1 Å². The molecule has 2 atom stereocenters. The van der Waals surface area contributed by atoms with E-state index in [1.165, 1.54) is 16.3 Å². The minimum absolute atomic E-state index is 0.0550. The van der Waals surface area contributed by atoms with Gasteiger partial charge in [0.15, 0.2) is 0 Å². The first-order chi connectivity index (χ1) is 12.6. The quantitative estimate of drug-likeness (QED) is 0.917. The molecular weight excluding hydrogens is 328 g/mol. The summed E-state index contributed by atoms with van der Waals surface area (Å²) in [5.41, 5.74) is 1.20. The van der Waals surface area contributed by atoms with E-state index in [9.17, 15) is 4.79 Å². The van der Waals surface area contributed by atoms with Crippen molar-refractivity contribution in [2.45, 2.75) is 32.5 Å². The minimum atomic E-state index is -0.105. The van der Waals surface area contributed by atoms with E-state index >= 15 is 0 Å². The van der Waals surface area contributed by atoms with Crippen LogP contribution in [0, 0.1) is 5.92 Å². The summed E-state index contributed by atoms with van der Waals surface area (Å²) in [5.74, 6) is 0.946. The van der Waals surface area contributed by atoms with Crippen LogP contribution in [0.25, 0.3) is 10.8 Å². The van der Waals surface area contributed by atoms with Crippen LogP contribution in [0.2, 0.25) is 0 Å². The van der Waals surface area contributed by atoms with Crippen LogP contribution >= 0.6 is 0 Å². The molecular formula is C21H26N2O3. The van der Waals surface area contributed by atoms with Crippen molar-refractivity contribution in [3.8, 4) is 5.75 Å². The molecule has 0 aromatic heterocycles. The van der Waals surface area contributed by atoms with Gasteiger partial charge in [0.2, 0.25) is 5.91 Å². The molecule has 26 heavy (non-hydrogen) atoms. The highest BCUT2D eigenvalue weighted by molar-refractivity contribution is 5.87. The first-order valence-electron chi connectivity index (χ1n) is 9.38. The van der Waals surface area contributed by atoms with Gasteiger partial charge in [0.1, 0.15) is 5.75 Å². The van der Waals surface area contributed by atoms with Gasteiger partial charge in [0.25, 0.3) is 0 Å². The molecule has 0 aliphatic carbocycles. The summed E-state index contributed by atoms with van der Waals surface area (Å²) < 4.78 is 11.7. The molecule has 2 fully saturated rings. The number of hydrogen-bond donors (Lipinski definition) is 1. The molecule has 0 saturated carbocycles. The molecule has 1 amide bonds. The summed E-state index contributed by atoms with van der Waals surface area (Å²) in [7, 11) is 0. The monoisotopic (exact) mass is 354 g/mol. The van der Waals surface area contributed by atoms with Gasteiger partial charge in [-0.2, -0.15) is 0 Å². The molecule has 0 unspecified atom stereocenters.